The lowest BCUT2D eigenvalue weighted by molar-refractivity contribution is -0.107. The molecule has 0 spiro atoms. The van der Waals surface area contributed by atoms with Crippen molar-refractivity contribution < 1.29 is 14.3 Å². The molecule has 29 heavy (non-hydrogen) atoms. The van der Waals surface area contributed by atoms with Crippen LogP contribution in [0.5, 0.6) is 0 Å². The zero-order valence-corrected chi connectivity index (χ0v) is 16.5. The van der Waals surface area contributed by atoms with E-state index in [9.17, 15) is 4.79 Å². The van der Waals surface area contributed by atoms with E-state index in [2.05, 4.69) is 9.88 Å². The summed E-state index contributed by atoms with van der Waals surface area (Å²) < 4.78 is 11.6. The number of rotatable bonds is 5. The number of likely N-dealkylation sites (tertiary alicyclic amines) is 1. The first kappa shape index (κ1) is 18.6. The number of nitrogens with zero attached hydrogens (tertiary/aromatic N) is 1. The summed E-state index contributed by atoms with van der Waals surface area (Å²) in [6, 6.07) is 18.3. The second kappa shape index (κ2) is 8.11. The molecule has 1 aromatic heterocycles. The van der Waals surface area contributed by atoms with Crippen LogP contribution in [0.4, 0.5) is 0 Å². The van der Waals surface area contributed by atoms with Crippen LogP contribution in [-0.4, -0.2) is 54.3 Å². The molecule has 3 aromatic rings. The van der Waals surface area contributed by atoms with E-state index in [0.29, 0.717) is 19.8 Å². The fourth-order valence-corrected chi connectivity index (χ4v) is 4.64. The van der Waals surface area contributed by atoms with E-state index in [4.69, 9.17) is 9.47 Å². The zero-order valence-electron chi connectivity index (χ0n) is 16.5. The molecule has 0 saturated carbocycles. The minimum Gasteiger partial charge on any atom is -0.354 e. The molecular formula is C24H26N2O3. The number of benzene rings is 2. The molecule has 5 nitrogen and oxygen atoms in total. The smallest absolute Gasteiger partial charge is 0.179 e. The van der Waals surface area contributed by atoms with Crippen molar-refractivity contribution in [2.45, 2.75) is 31.6 Å². The summed E-state index contributed by atoms with van der Waals surface area (Å²) in [6.07, 6.45) is 3.06. The van der Waals surface area contributed by atoms with Crippen molar-refractivity contribution in [2.24, 2.45) is 0 Å². The van der Waals surface area contributed by atoms with E-state index < -0.39 is 0 Å². The number of para-hydroxylation sites is 1. The number of carbonyl (C=O) groups is 1. The molecule has 0 bridgehead atoms. The van der Waals surface area contributed by atoms with Crippen LogP contribution < -0.4 is 0 Å². The molecule has 2 aliphatic rings. The van der Waals surface area contributed by atoms with Gasteiger partial charge in [0, 0.05) is 10.9 Å². The van der Waals surface area contributed by atoms with Gasteiger partial charge in [0.15, 0.2) is 12.1 Å². The van der Waals surface area contributed by atoms with Crippen molar-refractivity contribution in [3.05, 3.63) is 60.2 Å². The number of ether oxygens (including phenoxy) is 2. The van der Waals surface area contributed by atoms with E-state index in [0.717, 1.165) is 53.5 Å². The summed E-state index contributed by atoms with van der Waals surface area (Å²) in [6.45, 7) is 2.57. The van der Waals surface area contributed by atoms with Crippen molar-refractivity contribution in [1.29, 1.82) is 0 Å². The average Bonchev–Trinajstić information content (AvgIpc) is 3.43. The molecule has 2 aromatic carbocycles. The normalized spacial score (nSPS) is 21.0. The number of piperidine rings is 1. The molecule has 5 heteroatoms. The van der Waals surface area contributed by atoms with Crippen LogP contribution in [0, 0.1) is 0 Å². The van der Waals surface area contributed by atoms with Gasteiger partial charge in [-0.15, -0.1) is 0 Å². The third-order valence-electron chi connectivity index (χ3n) is 6.02. The van der Waals surface area contributed by atoms with Crippen molar-refractivity contribution >= 4 is 16.7 Å². The van der Waals surface area contributed by atoms with Gasteiger partial charge in [-0.05, 0) is 31.0 Å². The Kier molecular flexibility index (Phi) is 5.19. The molecule has 0 radical (unpaired) electrons. The highest BCUT2D eigenvalue weighted by molar-refractivity contribution is 6.14. The molecule has 1 unspecified atom stereocenters. The predicted molar refractivity (Wildman–Crippen MR) is 113 cm³/mol. The van der Waals surface area contributed by atoms with Gasteiger partial charge in [-0.3, -0.25) is 9.69 Å². The molecule has 2 saturated heterocycles. The third-order valence-corrected chi connectivity index (χ3v) is 6.02. The lowest BCUT2D eigenvalue weighted by Crippen LogP contribution is -2.49. The first-order valence-corrected chi connectivity index (χ1v) is 10.5. The third kappa shape index (κ3) is 3.62. The molecule has 1 atom stereocenters. The Balaban J connectivity index is 1.49. The summed E-state index contributed by atoms with van der Waals surface area (Å²) in [5.74, 6) is 0.145. The standard InChI is InChI=1S/C24H26N2O3/c27-21(16-26-13-7-6-12-20(26)24-28-14-15-29-24)22-18-10-4-5-11-19(18)25-23(22)17-8-2-1-3-9-17/h1-5,8-11,20,24-25H,6-7,12-16H2. The highest BCUT2D eigenvalue weighted by Crippen LogP contribution is 2.32. The Bertz CT molecular complexity index is 992. The second-order valence-corrected chi connectivity index (χ2v) is 7.85. The van der Waals surface area contributed by atoms with Crippen LogP contribution in [0.1, 0.15) is 29.6 Å². The van der Waals surface area contributed by atoms with Crippen LogP contribution in [-0.2, 0) is 9.47 Å². The molecule has 5 rings (SSSR count). The fraction of sp³-hybridized carbons (Fsp3) is 0.375. The zero-order chi connectivity index (χ0) is 19.6. The largest absolute Gasteiger partial charge is 0.354 e. The maximum Gasteiger partial charge on any atom is 0.179 e. The number of hydrogen-bond acceptors (Lipinski definition) is 4. The van der Waals surface area contributed by atoms with Crippen molar-refractivity contribution in [1.82, 2.24) is 9.88 Å². The molecule has 1 N–H and O–H groups in total. The first-order valence-electron chi connectivity index (χ1n) is 10.5. The fourth-order valence-electron chi connectivity index (χ4n) is 4.64. The molecule has 3 heterocycles. The van der Waals surface area contributed by atoms with Crippen molar-refractivity contribution in [3.63, 3.8) is 0 Å². The number of fused-ring (bicyclic) bond motifs is 1. The number of Topliss-reactive ketones (excluding diaryl/α,β-unsaturated/α-hetero) is 1. The summed E-state index contributed by atoms with van der Waals surface area (Å²) >= 11 is 0. The van der Waals surface area contributed by atoms with Crippen LogP contribution in [0.25, 0.3) is 22.2 Å². The van der Waals surface area contributed by atoms with Gasteiger partial charge in [0.05, 0.1) is 37.1 Å². The molecule has 0 amide bonds. The molecule has 0 aliphatic carbocycles. The average molecular weight is 390 g/mol. The summed E-state index contributed by atoms with van der Waals surface area (Å²) in [4.78, 5) is 19.3. The highest BCUT2D eigenvalue weighted by Gasteiger charge is 2.35. The van der Waals surface area contributed by atoms with E-state index in [1.165, 1.54) is 0 Å². The van der Waals surface area contributed by atoms with Crippen LogP contribution in [0.2, 0.25) is 0 Å². The molecule has 2 fully saturated rings. The number of hydrogen-bond donors (Lipinski definition) is 1. The van der Waals surface area contributed by atoms with Crippen molar-refractivity contribution in [2.75, 3.05) is 26.3 Å². The maximum absolute atomic E-state index is 13.6. The van der Waals surface area contributed by atoms with E-state index in [1.54, 1.807) is 0 Å². The van der Waals surface area contributed by atoms with E-state index >= 15 is 0 Å². The Morgan fingerprint density at radius 2 is 1.76 bits per heavy atom. The van der Waals surface area contributed by atoms with Gasteiger partial charge in [0.1, 0.15) is 0 Å². The van der Waals surface area contributed by atoms with E-state index in [-0.39, 0.29) is 18.1 Å². The minimum absolute atomic E-state index is 0.145. The Morgan fingerprint density at radius 1 is 1.00 bits per heavy atom. The van der Waals surface area contributed by atoms with Gasteiger partial charge in [-0.25, -0.2) is 0 Å². The Labute approximate surface area is 170 Å². The molecular weight excluding hydrogens is 364 g/mol. The van der Waals surface area contributed by atoms with E-state index in [1.807, 2.05) is 54.6 Å². The number of ketones is 1. The molecule has 150 valence electrons. The summed E-state index contributed by atoms with van der Waals surface area (Å²) in [7, 11) is 0. The lowest BCUT2D eigenvalue weighted by Gasteiger charge is -2.37. The maximum atomic E-state index is 13.6. The van der Waals surface area contributed by atoms with Crippen molar-refractivity contribution in [3.8, 4) is 11.3 Å². The lowest BCUT2D eigenvalue weighted by atomic mass is 9.98. The highest BCUT2D eigenvalue weighted by atomic mass is 16.7. The molecule has 2 aliphatic heterocycles. The summed E-state index contributed by atoms with van der Waals surface area (Å²) in [5.41, 5.74) is 3.71. The quantitative estimate of drug-likeness (QED) is 0.662. The van der Waals surface area contributed by atoms with Gasteiger partial charge >= 0.3 is 0 Å². The predicted octanol–water partition coefficient (Wildman–Crippen LogP) is 4.25. The number of nitrogens with one attached hydrogen (secondary N) is 1. The number of aromatic amines is 1. The van der Waals surface area contributed by atoms with Gasteiger partial charge in [0.2, 0.25) is 0 Å². The van der Waals surface area contributed by atoms with Crippen LogP contribution in [0.15, 0.2) is 54.6 Å². The Hall–Kier alpha value is -2.47. The minimum atomic E-state index is -0.209. The SMILES string of the molecule is O=C(CN1CCCCC1C1OCCO1)c1c(-c2ccccc2)[nH]c2ccccc12. The van der Waals surface area contributed by atoms with Gasteiger partial charge in [0.25, 0.3) is 0 Å². The number of carbonyl (C=O) groups excluding carboxylic acids is 1. The summed E-state index contributed by atoms with van der Waals surface area (Å²) in [5, 5.41) is 0.985. The van der Waals surface area contributed by atoms with Gasteiger partial charge < -0.3 is 14.5 Å². The van der Waals surface area contributed by atoms with Crippen LogP contribution >= 0.6 is 0 Å². The first-order chi connectivity index (χ1) is 14.3. The monoisotopic (exact) mass is 390 g/mol. The van der Waals surface area contributed by atoms with Gasteiger partial charge in [-0.2, -0.15) is 0 Å². The topological polar surface area (TPSA) is 54.6 Å². The number of H-pyrrole nitrogens is 1. The second-order valence-electron chi connectivity index (χ2n) is 7.85. The van der Waals surface area contributed by atoms with Gasteiger partial charge in [-0.1, -0.05) is 55.0 Å². The Morgan fingerprint density at radius 3 is 2.59 bits per heavy atom. The number of aromatic nitrogens is 1. The van der Waals surface area contributed by atoms with Crippen LogP contribution in [0.3, 0.4) is 0 Å².